The average Bonchev–Trinajstić information content (AvgIpc) is 2.45. The Balaban J connectivity index is 2.84. The van der Waals surface area contributed by atoms with Crippen LogP contribution in [0.25, 0.3) is 0 Å². The van der Waals surface area contributed by atoms with Gasteiger partial charge in [0, 0.05) is 24.7 Å². The lowest BCUT2D eigenvalue weighted by Crippen LogP contribution is -2.23. The van der Waals surface area contributed by atoms with Crippen LogP contribution in [0.2, 0.25) is 0 Å². The summed E-state index contributed by atoms with van der Waals surface area (Å²) in [6.07, 6.45) is 1.82. The second-order valence-corrected chi connectivity index (χ2v) is 3.42. The topological polar surface area (TPSA) is 46.9 Å². The molecular formula is C10H17N3O. The van der Waals surface area contributed by atoms with E-state index in [-0.39, 0.29) is 11.9 Å². The number of amides is 1. The molecule has 1 aromatic rings. The molecule has 1 unspecified atom stereocenters. The highest BCUT2D eigenvalue weighted by Gasteiger charge is 2.12. The molecule has 0 aliphatic rings. The molecule has 0 aliphatic heterocycles. The van der Waals surface area contributed by atoms with Crippen LogP contribution >= 0.6 is 0 Å². The summed E-state index contributed by atoms with van der Waals surface area (Å²) in [7, 11) is 0. The summed E-state index contributed by atoms with van der Waals surface area (Å²) in [4.78, 5) is 10.9. The zero-order chi connectivity index (χ0) is 10.7. The van der Waals surface area contributed by atoms with E-state index in [0.29, 0.717) is 0 Å². The van der Waals surface area contributed by atoms with E-state index in [1.54, 1.807) is 0 Å². The van der Waals surface area contributed by atoms with Gasteiger partial charge in [0.25, 0.3) is 0 Å². The summed E-state index contributed by atoms with van der Waals surface area (Å²) in [5.74, 6) is -0.0128. The van der Waals surface area contributed by atoms with E-state index in [1.807, 2.05) is 31.6 Å². The molecule has 0 fully saturated rings. The largest absolute Gasteiger partial charge is 0.350 e. The van der Waals surface area contributed by atoms with Gasteiger partial charge in [-0.2, -0.15) is 5.10 Å². The number of carbonyl (C=O) groups excluding carboxylic acids is 1. The van der Waals surface area contributed by atoms with Crippen molar-refractivity contribution >= 4 is 5.91 Å². The fraction of sp³-hybridized carbons (Fsp3) is 0.600. The maximum Gasteiger partial charge on any atom is 0.217 e. The first-order chi connectivity index (χ1) is 6.56. The van der Waals surface area contributed by atoms with Crippen molar-refractivity contribution in [2.24, 2.45) is 0 Å². The molecular weight excluding hydrogens is 178 g/mol. The Morgan fingerprint density at radius 2 is 2.36 bits per heavy atom. The zero-order valence-corrected chi connectivity index (χ0v) is 9.16. The molecule has 0 radical (unpaired) electrons. The maximum atomic E-state index is 10.9. The van der Waals surface area contributed by atoms with Crippen molar-refractivity contribution in [3.63, 3.8) is 0 Å². The number of aromatic nitrogens is 2. The molecule has 1 aromatic heterocycles. The normalized spacial score (nSPS) is 12.6. The van der Waals surface area contributed by atoms with Gasteiger partial charge >= 0.3 is 0 Å². The molecule has 0 aliphatic carbocycles. The van der Waals surface area contributed by atoms with Crippen LogP contribution in [-0.2, 0) is 11.3 Å². The lowest BCUT2D eigenvalue weighted by Gasteiger charge is -2.11. The lowest BCUT2D eigenvalue weighted by atomic mass is 10.1. The predicted molar refractivity (Wildman–Crippen MR) is 54.9 cm³/mol. The van der Waals surface area contributed by atoms with Crippen molar-refractivity contribution in [2.45, 2.75) is 40.3 Å². The van der Waals surface area contributed by atoms with Crippen molar-refractivity contribution in [3.8, 4) is 0 Å². The number of hydrogen-bond donors (Lipinski definition) is 1. The van der Waals surface area contributed by atoms with E-state index in [4.69, 9.17) is 0 Å². The molecule has 78 valence electrons. The lowest BCUT2D eigenvalue weighted by molar-refractivity contribution is -0.119. The van der Waals surface area contributed by atoms with Crippen LogP contribution in [0.4, 0.5) is 0 Å². The Labute approximate surface area is 84.3 Å². The van der Waals surface area contributed by atoms with Crippen LogP contribution < -0.4 is 5.32 Å². The molecule has 4 heteroatoms. The number of hydrogen-bond acceptors (Lipinski definition) is 2. The van der Waals surface area contributed by atoms with Gasteiger partial charge < -0.3 is 5.32 Å². The predicted octanol–water partition coefficient (Wildman–Crippen LogP) is 1.41. The van der Waals surface area contributed by atoms with Crippen LogP contribution in [0.1, 0.15) is 38.1 Å². The van der Waals surface area contributed by atoms with Gasteiger partial charge in [-0.25, -0.2) is 0 Å². The Hall–Kier alpha value is -1.32. The molecule has 0 spiro atoms. The minimum atomic E-state index is -0.0128. The first kappa shape index (κ1) is 10.8. The first-order valence-corrected chi connectivity index (χ1v) is 4.85. The van der Waals surface area contributed by atoms with Crippen LogP contribution in [0, 0.1) is 6.92 Å². The fourth-order valence-corrected chi connectivity index (χ4v) is 1.59. The van der Waals surface area contributed by atoms with Gasteiger partial charge in [0.2, 0.25) is 5.91 Å². The van der Waals surface area contributed by atoms with Crippen LogP contribution in [0.3, 0.4) is 0 Å². The molecule has 1 N–H and O–H groups in total. The van der Waals surface area contributed by atoms with E-state index >= 15 is 0 Å². The van der Waals surface area contributed by atoms with Crippen molar-refractivity contribution < 1.29 is 4.79 Å². The van der Waals surface area contributed by atoms with Gasteiger partial charge in [-0.3, -0.25) is 9.48 Å². The molecule has 14 heavy (non-hydrogen) atoms. The Bertz CT molecular complexity index is 330. The third-order valence-electron chi connectivity index (χ3n) is 2.33. The zero-order valence-electron chi connectivity index (χ0n) is 9.16. The maximum absolute atomic E-state index is 10.9. The van der Waals surface area contributed by atoms with E-state index < -0.39 is 0 Å². The highest BCUT2D eigenvalue weighted by molar-refractivity contribution is 5.73. The minimum absolute atomic E-state index is 0.0128. The van der Waals surface area contributed by atoms with Crippen molar-refractivity contribution in [2.75, 3.05) is 0 Å². The number of aryl methyl sites for hydroxylation is 1. The fourth-order valence-electron chi connectivity index (χ4n) is 1.59. The molecule has 0 saturated carbocycles. The first-order valence-electron chi connectivity index (χ1n) is 4.85. The van der Waals surface area contributed by atoms with Crippen molar-refractivity contribution in [3.05, 3.63) is 17.5 Å². The Kier molecular flexibility index (Phi) is 3.28. The van der Waals surface area contributed by atoms with Crippen LogP contribution in [-0.4, -0.2) is 15.7 Å². The van der Waals surface area contributed by atoms with Gasteiger partial charge in [0.05, 0.1) is 12.2 Å². The van der Waals surface area contributed by atoms with Crippen LogP contribution in [0.5, 0.6) is 0 Å². The molecule has 0 aromatic carbocycles. The average molecular weight is 195 g/mol. The quantitative estimate of drug-likeness (QED) is 0.792. The molecule has 1 heterocycles. The van der Waals surface area contributed by atoms with E-state index in [0.717, 1.165) is 17.8 Å². The Morgan fingerprint density at radius 1 is 1.71 bits per heavy atom. The molecule has 1 rings (SSSR count). The summed E-state index contributed by atoms with van der Waals surface area (Å²) in [5.41, 5.74) is 2.20. The van der Waals surface area contributed by atoms with E-state index in [2.05, 4.69) is 10.4 Å². The molecule has 1 amide bonds. The summed E-state index contributed by atoms with van der Waals surface area (Å²) in [6, 6.07) is 0.0350. The van der Waals surface area contributed by atoms with Crippen LogP contribution in [0.15, 0.2) is 6.20 Å². The van der Waals surface area contributed by atoms with Crippen molar-refractivity contribution in [1.82, 2.24) is 15.1 Å². The number of rotatable bonds is 3. The van der Waals surface area contributed by atoms with E-state index in [9.17, 15) is 4.79 Å². The van der Waals surface area contributed by atoms with Gasteiger partial charge in [0.15, 0.2) is 0 Å². The van der Waals surface area contributed by atoms with Gasteiger partial charge in [-0.05, 0) is 20.8 Å². The second-order valence-electron chi connectivity index (χ2n) is 3.42. The smallest absolute Gasteiger partial charge is 0.217 e. The SMILES string of the molecule is CCn1ncc(C(C)NC(C)=O)c1C. The summed E-state index contributed by atoms with van der Waals surface area (Å²) in [5, 5.41) is 7.07. The molecule has 4 nitrogen and oxygen atoms in total. The monoisotopic (exact) mass is 195 g/mol. The minimum Gasteiger partial charge on any atom is -0.350 e. The van der Waals surface area contributed by atoms with Gasteiger partial charge in [-0.15, -0.1) is 0 Å². The highest BCUT2D eigenvalue weighted by Crippen LogP contribution is 2.16. The third-order valence-corrected chi connectivity index (χ3v) is 2.33. The van der Waals surface area contributed by atoms with Gasteiger partial charge in [0.1, 0.15) is 0 Å². The Morgan fingerprint density at radius 3 is 2.79 bits per heavy atom. The molecule has 0 saturated heterocycles. The number of carbonyl (C=O) groups is 1. The number of nitrogens with one attached hydrogen (secondary N) is 1. The third kappa shape index (κ3) is 2.13. The molecule has 0 bridgehead atoms. The molecule has 1 atom stereocenters. The highest BCUT2D eigenvalue weighted by atomic mass is 16.1. The standard InChI is InChI=1S/C10H17N3O/c1-5-13-8(3)10(6-11-13)7(2)12-9(4)14/h6-7H,5H2,1-4H3,(H,12,14). The second kappa shape index (κ2) is 4.26. The summed E-state index contributed by atoms with van der Waals surface area (Å²) < 4.78 is 1.92. The van der Waals surface area contributed by atoms with E-state index in [1.165, 1.54) is 6.92 Å². The van der Waals surface area contributed by atoms with Gasteiger partial charge in [-0.1, -0.05) is 0 Å². The summed E-state index contributed by atoms with van der Waals surface area (Å²) in [6.45, 7) is 8.41. The summed E-state index contributed by atoms with van der Waals surface area (Å²) >= 11 is 0. The van der Waals surface area contributed by atoms with Crippen molar-refractivity contribution in [1.29, 1.82) is 0 Å². The number of nitrogens with zero attached hydrogens (tertiary/aromatic N) is 2.